The number of nitrogens with zero attached hydrogens (tertiary/aromatic N) is 1. The Morgan fingerprint density at radius 1 is 0.964 bits per heavy atom. The summed E-state index contributed by atoms with van der Waals surface area (Å²) in [6.07, 6.45) is 0. The Morgan fingerprint density at radius 2 is 1.75 bits per heavy atom. The number of amides is 3. The van der Waals surface area contributed by atoms with Crippen molar-refractivity contribution >= 4 is 39.8 Å². The van der Waals surface area contributed by atoms with Crippen LogP contribution in [-0.2, 0) is 0 Å². The topological polar surface area (TPSA) is 102 Å². The van der Waals surface area contributed by atoms with Gasteiger partial charge in [-0.15, -0.1) is 11.3 Å². The summed E-state index contributed by atoms with van der Waals surface area (Å²) >= 11 is 1.15. The number of aromatic nitrogens is 1. The molecule has 0 aliphatic rings. The van der Waals surface area contributed by atoms with Crippen molar-refractivity contribution in [3.8, 4) is 11.5 Å². The molecule has 0 radical (unpaired) electrons. The molecule has 0 saturated heterocycles. The van der Waals surface area contributed by atoms with E-state index in [-0.39, 0.29) is 5.69 Å². The smallest absolute Gasteiger partial charge is 0.325 e. The third kappa shape index (κ3) is 4.77. The lowest BCUT2D eigenvalue weighted by atomic mass is 10.2. The van der Waals surface area contributed by atoms with Crippen LogP contribution in [0.2, 0.25) is 0 Å². The number of rotatable bonds is 6. The highest BCUT2D eigenvalue weighted by atomic mass is 32.1. The van der Waals surface area contributed by atoms with Gasteiger partial charge in [0.25, 0.3) is 5.91 Å². The molecule has 1 heterocycles. The average molecular weight is 398 g/mol. The Kier molecular flexibility index (Phi) is 6.07. The number of carbonyl (C=O) groups is 2. The summed E-state index contributed by atoms with van der Waals surface area (Å²) < 4.78 is 10.4. The fourth-order valence-corrected chi connectivity index (χ4v) is 2.99. The molecule has 3 aromatic rings. The minimum atomic E-state index is -0.440. The predicted molar refractivity (Wildman–Crippen MR) is 109 cm³/mol. The Morgan fingerprint density at radius 3 is 2.46 bits per heavy atom. The number of hydrogen-bond acceptors (Lipinski definition) is 6. The van der Waals surface area contributed by atoms with Crippen LogP contribution in [0.4, 0.5) is 21.3 Å². The van der Waals surface area contributed by atoms with E-state index in [9.17, 15) is 9.59 Å². The van der Waals surface area contributed by atoms with Crippen molar-refractivity contribution < 1.29 is 19.1 Å². The minimum absolute atomic E-state index is 0.179. The second-order valence-corrected chi connectivity index (χ2v) is 6.36. The molecule has 9 heteroatoms. The van der Waals surface area contributed by atoms with Gasteiger partial charge in [-0.1, -0.05) is 18.2 Å². The van der Waals surface area contributed by atoms with Crippen LogP contribution in [0.15, 0.2) is 53.9 Å². The van der Waals surface area contributed by atoms with Crippen LogP contribution < -0.4 is 25.4 Å². The Bertz CT molecular complexity index is 975. The molecule has 0 saturated carbocycles. The van der Waals surface area contributed by atoms with E-state index in [4.69, 9.17) is 9.47 Å². The maximum Gasteiger partial charge on any atom is 0.325 e. The van der Waals surface area contributed by atoms with Crippen molar-refractivity contribution in [2.45, 2.75) is 0 Å². The summed E-state index contributed by atoms with van der Waals surface area (Å²) in [5.74, 6) is 0.652. The normalized spacial score (nSPS) is 10.1. The number of hydrogen-bond donors (Lipinski definition) is 3. The lowest BCUT2D eigenvalue weighted by Gasteiger charge is -2.10. The highest BCUT2D eigenvalue weighted by Gasteiger charge is 2.15. The lowest BCUT2D eigenvalue weighted by molar-refractivity contribution is 0.102. The van der Waals surface area contributed by atoms with Crippen molar-refractivity contribution in [3.05, 3.63) is 59.6 Å². The van der Waals surface area contributed by atoms with Crippen molar-refractivity contribution in [1.82, 2.24) is 4.98 Å². The van der Waals surface area contributed by atoms with E-state index in [0.717, 1.165) is 11.3 Å². The monoisotopic (exact) mass is 398 g/mol. The van der Waals surface area contributed by atoms with E-state index < -0.39 is 11.9 Å². The number of para-hydroxylation sites is 1. The molecule has 0 atom stereocenters. The molecule has 2 aromatic carbocycles. The fourth-order valence-electron chi connectivity index (χ4n) is 2.30. The molecular formula is C19H18N4O4S. The van der Waals surface area contributed by atoms with Crippen LogP contribution in [-0.4, -0.2) is 31.1 Å². The van der Waals surface area contributed by atoms with Crippen LogP contribution in [0.25, 0.3) is 0 Å². The molecule has 144 valence electrons. The van der Waals surface area contributed by atoms with Crippen molar-refractivity contribution in [2.24, 2.45) is 0 Å². The second-order valence-electron chi connectivity index (χ2n) is 5.50. The number of anilines is 3. The van der Waals surface area contributed by atoms with Gasteiger partial charge in [0.1, 0.15) is 17.2 Å². The first kappa shape index (κ1) is 19.2. The Balaban J connectivity index is 1.63. The summed E-state index contributed by atoms with van der Waals surface area (Å²) in [6, 6.07) is 13.6. The van der Waals surface area contributed by atoms with Gasteiger partial charge in [0.2, 0.25) is 0 Å². The van der Waals surface area contributed by atoms with E-state index in [1.807, 2.05) is 18.2 Å². The molecule has 0 aliphatic heterocycles. The van der Waals surface area contributed by atoms with Gasteiger partial charge in [-0.3, -0.25) is 10.1 Å². The number of carbonyl (C=O) groups excluding carboxylic acids is 2. The predicted octanol–water partition coefficient (Wildman–Crippen LogP) is 4.06. The van der Waals surface area contributed by atoms with Crippen LogP contribution in [0.5, 0.6) is 11.5 Å². The van der Waals surface area contributed by atoms with Gasteiger partial charge in [0, 0.05) is 17.1 Å². The maximum absolute atomic E-state index is 12.4. The van der Waals surface area contributed by atoms with E-state index in [0.29, 0.717) is 28.0 Å². The number of methoxy groups -OCH3 is 2. The van der Waals surface area contributed by atoms with Crippen LogP contribution in [0, 0.1) is 0 Å². The molecule has 28 heavy (non-hydrogen) atoms. The Hall–Kier alpha value is -3.59. The summed E-state index contributed by atoms with van der Waals surface area (Å²) in [5.41, 5.74) is 1.32. The molecule has 0 unspecified atom stereocenters. The number of thiazole rings is 1. The first-order chi connectivity index (χ1) is 13.6. The van der Waals surface area contributed by atoms with Gasteiger partial charge >= 0.3 is 6.03 Å². The summed E-state index contributed by atoms with van der Waals surface area (Å²) in [7, 11) is 3.05. The number of urea groups is 1. The number of ether oxygens (including phenoxy) is 2. The molecule has 3 N–H and O–H groups in total. The zero-order valence-electron chi connectivity index (χ0n) is 15.2. The third-order valence-corrected chi connectivity index (χ3v) is 4.40. The molecule has 3 rings (SSSR count). The second kappa shape index (κ2) is 8.87. The lowest BCUT2D eigenvalue weighted by Crippen LogP contribution is -2.19. The molecule has 0 aliphatic carbocycles. The molecule has 0 bridgehead atoms. The standard InChI is InChI=1S/C19H18N4O4S/c1-26-13-8-9-14(16(10-13)27-2)21-17(24)15-11-28-19(22-15)23-18(25)20-12-6-4-3-5-7-12/h3-11H,1-2H3,(H,21,24)(H2,20,22,23,25). The quantitative estimate of drug-likeness (QED) is 0.581. The molecule has 8 nitrogen and oxygen atoms in total. The highest BCUT2D eigenvalue weighted by molar-refractivity contribution is 7.14. The van der Waals surface area contributed by atoms with Crippen LogP contribution in [0.3, 0.4) is 0 Å². The van der Waals surface area contributed by atoms with Gasteiger partial charge in [-0.2, -0.15) is 0 Å². The summed E-state index contributed by atoms with van der Waals surface area (Å²) in [6.45, 7) is 0. The first-order valence-electron chi connectivity index (χ1n) is 8.21. The summed E-state index contributed by atoms with van der Waals surface area (Å²) in [4.78, 5) is 28.6. The van der Waals surface area contributed by atoms with Gasteiger partial charge < -0.3 is 20.1 Å². The fraction of sp³-hybridized carbons (Fsp3) is 0.105. The largest absolute Gasteiger partial charge is 0.497 e. The molecule has 3 amide bonds. The van der Waals surface area contributed by atoms with Gasteiger partial charge in [0.15, 0.2) is 5.13 Å². The van der Waals surface area contributed by atoms with Crippen molar-refractivity contribution in [2.75, 3.05) is 30.2 Å². The molecule has 0 spiro atoms. The molecule has 1 aromatic heterocycles. The summed E-state index contributed by atoms with van der Waals surface area (Å²) in [5, 5.41) is 9.88. The maximum atomic E-state index is 12.4. The van der Waals surface area contributed by atoms with Crippen molar-refractivity contribution in [3.63, 3.8) is 0 Å². The Labute approximate surface area is 165 Å². The van der Waals surface area contributed by atoms with E-state index in [2.05, 4.69) is 20.9 Å². The van der Waals surface area contributed by atoms with Crippen molar-refractivity contribution in [1.29, 1.82) is 0 Å². The zero-order chi connectivity index (χ0) is 19.9. The van der Waals surface area contributed by atoms with Gasteiger partial charge in [-0.05, 0) is 24.3 Å². The van der Waals surface area contributed by atoms with Gasteiger partial charge in [-0.25, -0.2) is 9.78 Å². The van der Waals surface area contributed by atoms with Gasteiger partial charge in [0.05, 0.1) is 19.9 Å². The molecule has 0 fully saturated rings. The third-order valence-electron chi connectivity index (χ3n) is 3.65. The average Bonchev–Trinajstić information content (AvgIpc) is 3.17. The van der Waals surface area contributed by atoms with E-state index in [1.165, 1.54) is 7.11 Å². The number of benzene rings is 2. The molecular weight excluding hydrogens is 380 g/mol. The van der Waals surface area contributed by atoms with Crippen LogP contribution in [0.1, 0.15) is 10.5 Å². The zero-order valence-corrected chi connectivity index (χ0v) is 16.0. The van der Waals surface area contributed by atoms with E-state index >= 15 is 0 Å². The minimum Gasteiger partial charge on any atom is -0.497 e. The SMILES string of the molecule is COc1ccc(NC(=O)c2csc(NC(=O)Nc3ccccc3)n2)c(OC)c1. The van der Waals surface area contributed by atoms with E-state index in [1.54, 1.807) is 42.8 Å². The first-order valence-corrected chi connectivity index (χ1v) is 9.09. The number of nitrogens with one attached hydrogen (secondary N) is 3. The van der Waals surface area contributed by atoms with Crippen LogP contribution >= 0.6 is 11.3 Å². The highest BCUT2D eigenvalue weighted by Crippen LogP contribution is 2.29.